The first kappa shape index (κ1) is 20.5. The van der Waals surface area contributed by atoms with Gasteiger partial charge < -0.3 is 9.64 Å². The SMILES string of the molecule is COC1CCN(C(=O)C2CCN(S(=O)(=O)c3ccc(F)c(Cl)c3)CC2)CC1. The van der Waals surface area contributed by atoms with E-state index in [0.29, 0.717) is 25.9 Å². The van der Waals surface area contributed by atoms with Crippen LogP contribution < -0.4 is 0 Å². The topological polar surface area (TPSA) is 66.9 Å². The Kier molecular flexibility index (Phi) is 6.40. The molecule has 6 nitrogen and oxygen atoms in total. The van der Waals surface area contributed by atoms with Gasteiger partial charge in [-0.1, -0.05) is 11.6 Å². The molecule has 2 aliphatic heterocycles. The third-order valence-electron chi connectivity index (χ3n) is 5.42. The van der Waals surface area contributed by atoms with Crippen LogP contribution in [0, 0.1) is 11.7 Å². The molecule has 0 saturated carbocycles. The van der Waals surface area contributed by atoms with Crippen molar-refractivity contribution in [3.05, 3.63) is 29.0 Å². The van der Waals surface area contributed by atoms with Crippen LogP contribution in [0.1, 0.15) is 25.7 Å². The van der Waals surface area contributed by atoms with Gasteiger partial charge in [0.15, 0.2) is 0 Å². The smallest absolute Gasteiger partial charge is 0.243 e. The van der Waals surface area contributed by atoms with Crippen molar-refractivity contribution < 1.29 is 22.3 Å². The number of piperidine rings is 2. The molecule has 0 bridgehead atoms. The highest BCUT2D eigenvalue weighted by Crippen LogP contribution is 2.28. The number of amides is 1. The van der Waals surface area contributed by atoms with Gasteiger partial charge in [-0.05, 0) is 43.9 Å². The molecule has 0 atom stereocenters. The van der Waals surface area contributed by atoms with Crippen molar-refractivity contribution in [2.45, 2.75) is 36.7 Å². The van der Waals surface area contributed by atoms with Crippen molar-refractivity contribution >= 4 is 27.5 Å². The Bertz CT molecular complexity index is 789. The van der Waals surface area contributed by atoms with E-state index < -0.39 is 15.8 Å². The lowest BCUT2D eigenvalue weighted by molar-refractivity contribution is -0.139. The third kappa shape index (κ3) is 4.45. The van der Waals surface area contributed by atoms with Gasteiger partial charge in [0, 0.05) is 39.2 Å². The second kappa shape index (κ2) is 8.43. The molecule has 0 unspecified atom stereocenters. The number of benzene rings is 1. The highest BCUT2D eigenvalue weighted by Gasteiger charge is 2.35. The molecule has 2 heterocycles. The maximum Gasteiger partial charge on any atom is 0.243 e. The minimum Gasteiger partial charge on any atom is -0.381 e. The molecule has 0 radical (unpaired) electrons. The van der Waals surface area contributed by atoms with Crippen molar-refractivity contribution in [1.29, 1.82) is 0 Å². The fourth-order valence-corrected chi connectivity index (χ4v) is 5.44. The predicted octanol–water partition coefficient (Wildman–Crippen LogP) is 2.52. The van der Waals surface area contributed by atoms with Crippen molar-refractivity contribution in [3.8, 4) is 0 Å². The van der Waals surface area contributed by atoms with Gasteiger partial charge in [0.1, 0.15) is 5.82 Å². The zero-order valence-corrected chi connectivity index (χ0v) is 16.8. The lowest BCUT2D eigenvalue weighted by Crippen LogP contribution is -2.47. The van der Waals surface area contributed by atoms with Gasteiger partial charge in [-0.3, -0.25) is 4.79 Å². The van der Waals surface area contributed by atoms with Crippen molar-refractivity contribution in [1.82, 2.24) is 9.21 Å². The average molecular weight is 419 g/mol. The van der Waals surface area contributed by atoms with Gasteiger partial charge in [0.2, 0.25) is 15.9 Å². The van der Waals surface area contributed by atoms with Gasteiger partial charge in [-0.2, -0.15) is 4.31 Å². The molecule has 0 N–H and O–H groups in total. The maximum absolute atomic E-state index is 13.3. The highest BCUT2D eigenvalue weighted by molar-refractivity contribution is 7.89. The first-order chi connectivity index (χ1) is 12.8. The summed E-state index contributed by atoms with van der Waals surface area (Å²) in [4.78, 5) is 14.6. The van der Waals surface area contributed by atoms with Crippen molar-refractivity contribution in [3.63, 3.8) is 0 Å². The Labute approximate surface area is 164 Å². The highest BCUT2D eigenvalue weighted by atomic mass is 35.5. The molecule has 1 aromatic rings. The number of likely N-dealkylation sites (tertiary alicyclic amines) is 1. The molecule has 3 rings (SSSR count). The maximum atomic E-state index is 13.3. The standard InChI is InChI=1S/C18H24ClFN2O4S/c1-26-14-6-8-21(9-7-14)18(23)13-4-10-22(11-5-13)27(24,25)15-2-3-17(20)16(19)12-15/h2-3,12-14H,4-11H2,1H3. The molecular formula is C18H24ClFN2O4S. The van der Waals surface area contributed by atoms with Crippen LogP contribution >= 0.6 is 11.6 Å². The largest absolute Gasteiger partial charge is 0.381 e. The summed E-state index contributed by atoms with van der Waals surface area (Å²) < 4.78 is 45.4. The summed E-state index contributed by atoms with van der Waals surface area (Å²) in [5, 5.41) is -0.222. The summed E-state index contributed by atoms with van der Waals surface area (Å²) in [6, 6.07) is 3.40. The molecule has 1 aromatic carbocycles. The number of carbonyl (C=O) groups excluding carboxylic acids is 1. The van der Waals surface area contributed by atoms with Gasteiger partial charge >= 0.3 is 0 Å². The Morgan fingerprint density at radius 3 is 2.33 bits per heavy atom. The van der Waals surface area contributed by atoms with Crippen LogP contribution in [0.4, 0.5) is 4.39 Å². The Balaban J connectivity index is 1.59. The van der Waals surface area contributed by atoms with Crippen molar-refractivity contribution in [2.24, 2.45) is 5.92 Å². The Hall–Kier alpha value is -1.22. The van der Waals surface area contributed by atoms with Gasteiger partial charge in [-0.15, -0.1) is 0 Å². The van der Waals surface area contributed by atoms with Crippen LogP contribution in [0.2, 0.25) is 5.02 Å². The van der Waals surface area contributed by atoms with Crippen LogP contribution in [0.15, 0.2) is 23.1 Å². The summed E-state index contributed by atoms with van der Waals surface area (Å²) in [5.74, 6) is -0.712. The van der Waals surface area contributed by atoms with Crippen LogP contribution in [0.3, 0.4) is 0 Å². The monoisotopic (exact) mass is 418 g/mol. The second-order valence-corrected chi connectivity index (χ2v) is 9.36. The van der Waals surface area contributed by atoms with Crippen molar-refractivity contribution in [2.75, 3.05) is 33.3 Å². The molecule has 150 valence electrons. The number of hydrogen-bond donors (Lipinski definition) is 0. The molecule has 0 aromatic heterocycles. The minimum absolute atomic E-state index is 0.0275. The summed E-state index contributed by atoms with van der Waals surface area (Å²) in [7, 11) is -2.06. The van der Waals surface area contributed by atoms with E-state index in [1.165, 1.54) is 10.4 Å². The number of methoxy groups -OCH3 is 1. The fraction of sp³-hybridized carbons (Fsp3) is 0.611. The summed E-state index contributed by atoms with van der Waals surface area (Å²) in [6.07, 6.45) is 2.85. The second-order valence-electron chi connectivity index (χ2n) is 7.01. The molecule has 0 aliphatic carbocycles. The van der Waals surface area contributed by atoms with Gasteiger partial charge in [-0.25, -0.2) is 12.8 Å². The van der Waals surface area contributed by atoms with E-state index in [1.807, 2.05) is 4.90 Å². The lowest BCUT2D eigenvalue weighted by Gasteiger charge is -2.36. The van der Waals surface area contributed by atoms with Gasteiger partial charge in [0.05, 0.1) is 16.0 Å². The van der Waals surface area contributed by atoms with Crippen LogP contribution in [-0.2, 0) is 19.6 Å². The Morgan fingerprint density at radius 2 is 1.78 bits per heavy atom. The first-order valence-electron chi connectivity index (χ1n) is 9.09. The lowest BCUT2D eigenvalue weighted by atomic mass is 9.95. The number of halogens is 2. The first-order valence-corrected chi connectivity index (χ1v) is 10.9. The quantitative estimate of drug-likeness (QED) is 0.753. The van der Waals surface area contributed by atoms with E-state index in [0.717, 1.165) is 25.0 Å². The number of nitrogens with zero attached hydrogens (tertiary/aromatic N) is 2. The van der Waals surface area contributed by atoms with E-state index in [-0.39, 0.29) is 40.9 Å². The van der Waals surface area contributed by atoms with E-state index >= 15 is 0 Å². The van der Waals surface area contributed by atoms with E-state index in [1.54, 1.807) is 7.11 Å². The number of sulfonamides is 1. The molecule has 2 saturated heterocycles. The molecule has 1 amide bonds. The van der Waals surface area contributed by atoms with E-state index in [4.69, 9.17) is 16.3 Å². The predicted molar refractivity (Wildman–Crippen MR) is 99.5 cm³/mol. The zero-order chi connectivity index (χ0) is 19.6. The summed E-state index contributed by atoms with van der Waals surface area (Å²) >= 11 is 5.71. The van der Waals surface area contributed by atoms with Crippen LogP contribution in [0.25, 0.3) is 0 Å². The third-order valence-corrected chi connectivity index (χ3v) is 7.60. The van der Waals surface area contributed by atoms with Crippen LogP contribution in [0.5, 0.6) is 0 Å². The molecular weight excluding hydrogens is 395 g/mol. The van der Waals surface area contributed by atoms with Gasteiger partial charge in [0.25, 0.3) is 0 Å². The number of hydrogen-bond acceptors (Lipinski definition) is 4. The summed E-state index contributed by atoms with van der Waals surface area (Å²) in [6.45, 7) is 1.90. The number of ether oxygens (including phenoxy) is 1. The minimum atomic E-state index is -3.75. The molecule has 9 heteroatoms. The molecule has 27 heavy (non-hydrogen) atoms. The molecule has 0 spiro atoms. The molecule has 2 aliphatic rings. The van der Waals surface area contributed by atoms with E-state index in [2.05, 4.69) is 0 Å². The van der Waals surface area contributed by atoms with Crippen LogP contribution in [-0.4, -0.2) is 62.9 Å². The summed E-state index contributed by atoms with van der Waals surface area (Å²) in [5.41, 5.74) is 0. The zero-order valence-electron chi connectivity index (χ0n) is 15.2. The normalized spacial score (nSPS) is 20.8. The average Bonchev–Trinajstić information content (AvgIpc) is 2.69. The fourth-order valence-electron chi connectivity index (χ4n) is 3.70. The Morgan fingerprint density at radius 1 is 1.15 bits per heavy atom. The number of rotatable bonds is 4. The van der Waals surface area contributed by atoms with E-state index in [9.17, 15) is 17.6 Å². The molecule has 2 fully saturated rings. The number of carbonyl (C=O) groups is 1.